The second-order valence-electron chi connectivity index (χ2n) is 5.00. The fourth-order valence-corrected chi connectivity index (χ4v) is 2.24. The maximum Gasteiger partial charge on any atom is 0.132 e. The van der Waals surface area contributed by atoms with Crippen molar-refractivity contribution in [1.82, 2.24) is 9.97 Å². The lowest BCUT2D eigenvalue weighted by molar-refractivity contribution is 0.721. The molecule has 0 aliphatic rings. The van der Waals surface area contributed by atoms with E-state index in [4.69, 9.17) is 5.73 Å². The molecular weight excluding hydrogens is 248 g/mol. The minimum Gasteiger partial charge on any atom is -0.351 e. The third-order valence-electron chi connectivity index (χ3n) is 3.17. The highest BCUT2D eigenvalue weighted by atomic mass is 15.2. The number of hydrogen-bond acceptors (Lipinski definition) is 4. The van der Waals surface area contributed by atoms with Gasteiger partial charge < -0.3 is 10.6 Å². The van der Waals surface area contributed by atoms with Crippen LogP contribution in [0.25, 0.3) is 0 Å². The summed E-state index contributed by atoms with van der Waals surface area (Å²) in [6.45, 7) is 5.80. The van der Waals surface area contributed by atoms with E-state index >= 15 is 0 Å². The number of nitrogens with zero attached hydrogens (tertiary/aromatic N) is 3. The number of hydrogen-bond donors (Lipinski definition) is 1. The molecule has 1 atom stereocenters. The molecule has 2 rings (SSSR count). The molecule has 0 aliphatic carbocycles. The molecule has 2 heterocycles. The smallest absolute Gasteiger partial charge is 0.132 e. The molecule has 0 saturated carbocycles. The van der Waals surface area contributed by atoms with Gasteiger partial charge in [0.1, 0.15) is 5.82 Å². The van der Waals surface area contributed by atoms with Crippen molar-refractivity contribution in [1.29, 1.82) is 0 Å². The van der Waals surface area contributed by atoms with E-state index in [1.165, 1.54) is 5.56 Å². The van der Waals surface area contributed by atoms with Crippen molar-refractivity contribution in [3.8, 4) is 0 Å². The molecule has 2 N–H and O–H groups in total. The Kier molecular flexibility index (Phi) is 5.07. The fraction of sp³-hybridized carbons (Fsp3) is 0.375. The molecule has 0 aliphatic heterocycles. The second-order valence-corrected chi connectivity index (χ2v) is 5.00. The summed E-state index contributed by atoms with van der Waals surface area (Å²) >= 11 is 0. The lowest BCUT2D eigenvalue weighted by Crippen LogP contribution is -2.26. The standard InChI is InChI=1S/C16H22N4/c1-3-20(12-15-8-4-5-9-18-15)16-14(11-13(2)17)7-6-10-19-16/h4-10,13H,3,11-12,17H2,1-2H3. The number of nitrogens with two attached hydrogens (primary N) is 1. The summed E-state index contributed by atoms with van der Waals surface area (Å²) < 4.78 is 0. The Morgan fingerprint density at radius 2 is 1.95 bits per heavy atom. The Bertz CT molecular complexity index is 525. The monoisotopic (exact) mass is 270 g/mol. The first-order chi connectivity index (χ1) is 9.70. The number of pyridine rings is 2. The molecule has 4 heteroatoms. The summed E-state index contributed by atoms with van der Waals surface area (Å²) in [6.07, 6.45) is 4.49. The Morgan fingerprint density at radius 3 is 2.60 bits per heavy atom. The predicted molar refractivity (Wildman–Crippen MR) is 82.6 cm³/mol. The third kappa shape index (κ3) is 3.78. The van der Waals surface area contributed by atoms with Gasteiger partial charge in [0.05, 0.1) is 12.2 Å². The van der Waals surface area contributed by atoms with E-state index in [0.717, 1.165) is 31.0 Å². The summed E-state index contributed by atoms with van der Waals surface area (Å²) in [5, 5.41) is 0. The van der Waals surface area contributed by atoms with Crippen LogP contribution < -0.4 is 10.6 Å². The normalized spacial score (nSPS) is 12.2. The van der Waals surface area contributed by atoms with E-state index in [1.54, 1.807) is 0 Å². The van der Waals surface area contributed by atoms with Gasteiger partial charge in [-0.1, -0.05) is 12.1 Å². The van der Waals surface area contributed by atoms with Gasteiger partial charge in [0.25, 0.3) is 0 Å². The van der Waals surface area contributed by atoms with Crippen molar-refractivity contribution in [2.75, 3.05) is 11.4 Å². The van der Waals surface area contributed by atoms with Gasteiger partial charge in [-0.05, 0) is 44.0 Å². The van der Waals surface area contributed by atoms with Gasteiger partial charge in [-0.2, -0.15) is 0 Å². The van der Waals surface area contributed by atoms with E-state index in [-0.39, 0.29) is 6.04 Å². The minimum atomic E-state index is 0.131. The highest BCUT2D eigenvalue weighted by molar-refractivity contribution is 5.47. The molecule has 0 radical (unpaired) electrons. The van der Waals surface area contributed by atoms with Crippen molar-refractivity contribution in [3.63, 3.8) is 0 Å². The van der Waals surface area contributed by atoms with Crippen LogP contribution in [-0.4, -0.2) is 22.6 Å². The average molecular weight is 270 g/mol. The molecule has 0 amide bonds. The van der Waals surface area contributed by atoms with Crippen molar-refractivity contribution in [2.24, 2.45) is 5.73 Å². The zero-order valence-corrected chi connectivity index (χ0v) is 12.2. The number of aromatic nitrogens is 2. The van der Waals surface area contributed by atoms with Crippen LogP contribution in [0.2, 0.25) is 0 Å². The first kappa shape index (κ1) is 14.5. The quantitative estimate of drug-likeness (QED) is 0.875. The van der Waals surface area contributed by atoms with Gasteiger partial charge in [-0.25, -0.2) is 4.98 Å². The first-order valence-electron chi connectivity index (χ1n) is 7.05. The van der Waals surface area contributed by atoms with Crippen LogP contribution in [-0.2, 0) is 13.0 Å². The molecule has 0 aromatic carbocycles. The van der Waals surface area contributed by atoms with Crippen LogP contribution in [0.3, 0.4) is 0 Å². The predicted octanol–water partition coefficient (Wildman–Crippen LogP) is 2.39. The SMILES string of the molecule is CCN(Cc1ccccn1)c1ncccc1CC(C)N. The van der Waals surface area contributed by atoms with E-state index in [2.05, 4.69) is 27.9 Å². The summed E-state index contributed by atoms with van der Waals surface area (Å²) in [4.78, 5) is 11.2. The van der Waals surface area contributed by atoms with E-state index in [1.807, 2.05) is 43.6 Å². The Morgan fingerprint density at radius 1 is 1.15 bits per heavy atom. The Labute approximate surface area is 120 Å². The third-order valence-corrected chi connectivity index (χ3v) is 3.17. The van der Waals surface area contributed by atoms with Crippen LogP contribution in [0.4, 0.5) is 5.82 Å². The highest BCUT2D eigenvalue weighted by Gasteiger charge is 2.13. The van der Waals surface area contributed by atoms with Crippen LogP contribution in [0.15, 0.2) is 42.7 Å². The van der Waals surface area contributed by atoms with Gasteiger partial charge in [0.15, 0.2) is 0 Å². The number of anilines is 1. The van der Waals surface area contributed by atoms with Crippen LogP contribution >= 0.6 is 0 Å². The van der Waals surface area contributed by atoms with Crippen molar-refractivity contribution in [2.45, 2.75) is 32.9 Å². The molecule has 0 spiro atoms. The maximum absolute atomic E-state index is 5.93. The number of rotatable bonds is 6. The summed E-state index contributed by atoms with van der Waals surface area (Å²) in [5.74, 6) is 1.01. The lowest BCUT2D eigenvalue weighted by Gasteiger charge is -2.24. The average Bonchev–Trinajstić information content (AvgIpc) is 2.46. The molecule has 106 valence electrons. The van der Waals surface area contributed by atoms with E-state index in [0.29, 0.717) is 0 Å². The van der Waals surface area contributed by atoms with Crippen molar-refractivity contribution < 1.29 is 0 Å². The zero-order valence-electron chi connectivity index (χ0n) is 12.2. The molecule has 2 aromatic rings. The van der Waals surface area contributed by atoms with Gasteiger partial charge in [0.2, 0.25) is 0 Å². The molecule has 0 saturated heterocycles. The lowest BCUT2D eigenvalue weighted by atomic mass is 10.1. The Hall–Kier alpha value is -1.94. The molecule has 0 fully saturated rings. The molecule has 2 aromatic heterocycles. The van der Waals surface area contributed by atoms with Crippen molar-refractivity contribution in [3.05, 3.63) is 54.0 Å². The van der Waals surface area contributed by atoms with Gasteiger partial charge in [-0.15, -0.1) is 0 Å². The molecule has 0 bridgehead atoms. The van der Waals surface area contributed by atoms with Gasteiger partial charge >= 0.3 is 0 Å². The first-order valence-corrected chi connectivity index (χ1v) is 7.05. The van der Waals surface area contributed by atoms with Gasteiger partial charge in [0, 0.05) is 25.0 Å². The summed E-state index contributed by atoms with van der Waals surface area (Å²) in [6, 6.07) is 10.2. The second kappa shape index (κ2) is 7.01. The largest absolute Gasteiger partial charge is 0.351 e. The highest BCUT2D eigenvalue weighted by Crippen LogP contribution is 2.20. The van der Waals surface area contributed by atoms with Crippen molar-refractivity contribution >= 4 is 5.82 Å². The molecular formula is C16H22N4. The summed E-state index contributed by atoms with van der Waals surface area (Å²) in [5.41, 5.74) is 8.17. The summed E-state index contributed by atoms with van der Waals surface area (Å²) in [7, 11) is 0. The van der Waals surface area contributed by atoms with Gasteiger partial charge in [-0.3, -0.25) is 4.98 Å². The van der Waals surface area contributed by atoms with Crippen LogP contribution in [0.5, 0.6) is 0 Å². The van der Waals surface area contributed by atoms with E-state index in [9.17, 15) is 0 Å². The van der Waals surface area contributed by atoms with Crippen LogP contribution in [0.1, 0.15) is 25.1 Å². The maximum atomic E-state index is 5.93. The Balaban J connectivity index is 2.23. The minimum absolute atomic E-state index is 0.131. The molecule has 1 unspecified atom stereocenters. The molecule has 20 heavy (non-hydrogen) atoms. The zero-order chi connectivity index (χ0) is 14.4. The van der Waals surface area contributed by atoms with E-state index < -0.39 is 0 Å². The topological polar surface area (TPSA) is 55.0 Å². The van der Waals surface area contributed by atoms with Crippen LogP contribution in [0, 0.1) is 0 Å². The molecule has 4 nitrogen and oxygen atoms in total. The fourth-order valence-electron chi connectivity index (χ4n) is 2.24.